The van der Waals surface area contributed by atoms with E-state index in [0.717, 1.165) is 12.6 Å². The Kier molecular flexibility index (Phi) is 4.27. The van der Waals surface area contributed by atoms with Crippen molar-refractivity contribution in [3.05, 3.63) is 29.8 Å². The topological polar surface area (TPSA) is 15.3 Å². The van der Waals surface area contributed by atoms with Crippen LogP contribution in [0.1, 0.15) is 38.7 Å². The van der Waals surface area contributed by atoms with Crippen molar-refractivity contribution in [1.82, 2.24) is 5.32 Å². The molecule has 1 heterocycles. The summed E-state index contributed by atoms with van der Waals surface area (Å²) in [4.78, 5) is 2.54. The zero-order valence-electron chi connectivity index (χ0n) is 12.7. The van der Waals surface area contributed by atoms with Crippen LogP contribution in [0.15, 0.2) is 24.3 Å². The lowest BCUT2D eigenvalue weighted by Gasteiger charge is -2.24. The maximum Gasteiger partial charge on any atom is 0.0366 e. The number of thioether (sulfide) groups is 1. The molecule has 0 unspecified atom stereocenters. The predicted octanol–water partition coefficient (Wildman–Crippen LogP) is 3.66. The molecule has 0 spiro atoms. The molecule has 1 aliphatic carbocycles. The highest BCUT2D eigenvalue weighted by molar-refractivity contribution is 8.00. The highest BCUT2D eigenvalue weighted by Gasteiger charge is 2.23. The highest BCUT2D eigenvalue weighted by atomic mass is 32.2. The van der Waals surface area contributed by atoms with E-state index >= 15 is 0 Å². The zero-order valence-corrected chi connectivity index (χ0v) is 13.5. The number of anilines is 1. The molecule has 2 nitrogen and oxygen atoms in total. The summed E-state index contributed by atoms with van der Waals surface area (Å²) in [6.45, 7) is 8.11. The number of benzene rings is 1. The van der Waals surface area contributed by atoms with Gasteiger partial charge in [-0.05, 0) is 37.0 Å². The van der Waals surface area contributed by atoms with E-state index < -0.39 is 0 Å². The van der Waals surface area contributed by atoms with Gasteiger partial charge in [-0.3, -0.25) is 0 Å². The van der Waals surface area contributed by atoms with Crippen molar-refractivity contribution in [3.8, 4) is 0 Å². The maximum absolute atomic E-state index is 3.58. The summed E-state index contributed by atoms with van der Waals surface area (Å²) in [5, 5.41) is 3.58. The van der Waals surface area contributed by atoms with Crippen LogP contribution in [-0.2, 0) is 6.54 Å². The van der Waals surface area contributed by atoms with Crippen molar-refractivity contribution in [2.75, 3.05) is 23.7 Å². The minimum Gasteiger partial charge on any atom is -0.371 e. The number of nitrogens with zero attached hydrogens (tertiary/aromatic N) is 1. The van der Waals surface area contributed by atoms with Crippen molar-refractivity contribution < 1.29 is 0 Å². The summed E-state index contributed by atoms with van der Waals surface area (Å²) in [7, 11) is 0. The first-order valence-electron chi connectivity index (χ1n) is 7.84. The van der Waals surface area contributed by atoms with Crippen LogP contribution >= 0.6 is 11.8 Å². The Labute approximate surface area is 127 Å². The van der Waals surface area contributed by atoms with Gasteiger partial charge in [-0.2, -0.15) is 11.8 Å². The summed E-state index contributed by atoms with van der Waals surface area (Å²) in [5.74, 6) is 1.23. The molecule has 3 rings (SSSR count). The van der Waals surface area contributed by atoms with Crippen molar-refractivity contribution in [2.24, 2.45) is 0 Å². The van der Waals surface area contributed by atoms with Crippen LogP contribution in [0, 0.1) is 0 Å². The molecule has 20 heavy (non-hydrogen) atoms. The predicted molar refractivity (Wildman–Crippen MR) is 89.7 cm³/mol. The Morgan fingerprint density at radius 3 is 2.65 bits per heavy atom. The molecule has 2 fully saturated rings. The van der Waals surface area contributed by atoms with Crippen molar-refractivity contribution in [2.45, 2.75) is 50.4 Å². The van der Waals surface area contributed by atoms with Gasteiger partial charge in [0.15, 0.2) is 0 Å². The molecule has 0 bridgehead atoms. The van der Waals surface area contributed by atoms with Gasteiger partial charge in [-0.1, -0.05) is 26.0 Å². The lowest BCUT2D eigenvalue weighted by atomic mass is 10.1. The molecule has 0 aromatic heterocycles. The van der Waals surface area contributed by atoms with Gasteiger partial charge in [0.05, 0.1) is 0 Å². The fourth-order valence-corrected chi connectivity index (χ4v) is 3.75. The van der Waals surface area contributed by atoms with Gasteiger partial charge in [0.1, 0.15) is 0 Å². The minimum atomic E-state index is 0.433. The first-order chi connectivity index (χ1) is 9.62. The average molecular weight is 290 g/mol. The number of hydrogen-bond donors (Lipinski definition) is 1. The number of hydrogen-bond acceptors (Lipinski definition) is 3. The molecule has 0 amide bonds. The SMILES string of the molecule is CC1(C)CCN(c2ccc(CNC3CC3)cc2)CCS1. The van der Waals surface area contributed by atoms with Crippen LogP contribution in [0.3, 0.4) is 0 Å². The van der Waals surface area contributed by atoms with Crippen LogP contribution in [-0.4, -0.2) is 29.6 Å². The summed E-state index contributed by atoms with van der Waals surface area (Å²) in [6.07, 6.45) is 3.99. The number of nitrogens with one attached hydrogen (secondary N) is 1. The lowest BCUT2D eigenvalue weighted by molar-refractivity contribution is 0.637. The highest BCUT2D eigenvalue weighted by Crippen LogP contribution is 2.32. The molecule has 1 saturated carbocycles. The van der Waals surface area contributed by atoms with Gasteiger partial charge in [0.25, 0.3) is 0 Å². The van der Waals surface area contributed by atoms with Crippen LogP contribution in [0.5, 0.6) is 0 Å². The smallest absolute Gasteiger partial charge is 0.0366 e. The summed E-state index contributed by atoms with van der Waals surface area (Å²) in [5.41, 5.74) is 2.80. The van der Waals surface area contributed by atoms with E-state index in [-0.39, 0.29) is 0 Å². The van der Waals surface area contributed by atoms with E-state index in [9.17, 15) is 0 Å². The van der Waals surface area contributed by atoms with Crippen LogP contribution in [0.2, 0.25) is 0 Å². The summed E-state index contributed by atoms with van der Waals surface area (Å²) < 4.78 is 0.433. The minimum absolute atomic E-state index is 0.433. The summed E-state index contributed by atoms with van der Waals surface area (Å²) >= 11 is 2.11. The second-order valence-corrected chi connectivity index (χ2v) is 8.47. The molecule has 0 radical (unpaired) electrons. The fourth-order valence-electron chi connectivity index (χ4n) is 2.65. The molecule has 1 saturated heterocycles. The van der Waals surface area contributed by atoms with E-state index in [1.807, 2.05) is 0 Å². The molecule has 1 aromatic rings. The number of rotatable bonds is 4. The van der Waals surface area contributed by atoms with E-state index in [4.69, 9.17) is 0 Å². The molecule has 1 N–H and O–H groups in total. The third-order valence-corrected chi connectivity index (χ3v) is 5.68. The van der Waals surface area contributed by atoms with E-state index in [1.54, 1.807) is 0 Å². The molecule has 1 aromatic carbocycles. The Hall–Kier alpha value is -0.670. The first-order valence-corrected chi connectivity index (χ1v) is 8.82. The van der Waals surface area contributed by atoms with Gasteiger partial charge in [0, 0.05) is 41.9 Å². The van der Waals surface area contributed by atoms with Crippen molar-refractivity contribution in [1.29, 1.82) is 0 Å². The third-order valence-electron chi connectivity index (χ3n) is 4.31. The van der Waals surface area contributed by atoms with Gasteiger partial charge < -0.3 is 10.2 Å². The quantitative estimate of drug-likeness (QED) is 0.911. The van der Waals surface area contributed by atoms with E-state index in [0.29, 0.717) is 4.75 Å². The second-order valence-electron chi connectivity index (χ2n) is 6.67. The fraction of sp³-hybridized carbons (Fsp3) is 0.647. The normalized spacial score (nSPS) is 22.6. The first kappa shape index (κ1) is 14.3. The van der Waals surface area contributed by atoms with Crippen LogP contribution in [0.25, 0.3) is 0 Å². The Morgan fingerprint density at radius 2 is 1.95 bits per heavy atom. The third kappa shape index (κ3) is 3.92. The molecule has 3 heteroatoms. The van der Waals surface area contributed by atoms with Gasteiger partial charge in [-0.15, -0.1) is 0 Å². The van der Waals surface area contributed by atoms with Gasteiger partial charge in [-0.25, -0.2) is 0 Å². The van der Waals surface area contributed by atoms with Gasteiger partial charge in [0.2, 0.25) is 0 Å². The van der Waals surface area contributed by atoms with Crippen molar-refractivity contribution >= 4 is 17.4 Å². The molecule has 110 valence electrons. The summed E-state index contributed by atoms with van der Waals surface area (Å²) in [6, 6.07) is 9.96. The molecule has 1 aliphatic heterocycles. The van der Waals surface area contributed by atoms with Crippen LogP contribution in [0.4, 0.5) is 5.69 Å². The molecule has 0 atom stereocenters. The molecular formula is C17H26N2S. The molecular weight excluding hydrogens is 264 g/mol. The van der Waals surface area contributed by atoms with Gasteiger partial charge >= 0.3 is 0 Å². The lowest BCUT2D eigenvalue weighted by Crippen LogP contribution is -2.26. The van der Waals surface area contributed by atoms with E-state index in [2.05, 4.69) is 60.1 Å². The van der Waals surface area contributed by atoms with Crippen molar-refractivity contribution in [3.63, 3.8) is 0 Å². The Balaban J connectivity index is 1.58. The Morgan fingerprint density at radius 1 is 1.20 bits per heavy atom. The molecule has 2 aliphatic rings. The maximum atomic E-state index is 3.58. The van der Waals surface area contributed by atoms with Crippen LogP contribution < -0.4 is 10.2 Å². The largest absolute Gasteiger partial charge is 0.371 e. The second kappa shape index (κ2) is 5.98. The average Bonchev–Trinajstić information content (AvgIpc) is 3.25. The Bertz CT molecular complexity index is 437. The monoisotopic (exact) mass is 290 g/mol. The zero-order chi connectivity index (χ0) is 14.0. The standard InChI is InChI=1S/C17H26N2S/c1-17(2)9-10-19(11-12-20-17)16-7-3-14(4-8-16)13-18-15-5-6-15/h3-4,7-8,15,18H,5-6,9-13H2,1-2H3. The van der Waals surface area contributed by atoms with E-state index in [1.165, 1.54) is 49.4 Å².